The number of allylic oxidation sites excluding steroid dienone is 7. The van der Waals surface area contributed by atoms with Gasteiger partial charge >= 0.3 is 5.97 Å². The minimum atomic E-state index is -0.244. The highest BCUT2D eigenvalue weighted by Gasteiger charge is 2.26. The van der Waals surface area contributed by atoms with Gasteiger partial charge in [-0.05, 0) is 50.5 Å². The minimum Gasteiger partial charge on any atom is -0.462 e. The largest absolute Gasteiger partial charge is 0.462 e. The first-order valence-electron chi connectivity index (χ1n) is 8.22. The standard InChI is InChI=1S/C20H30O2/c1-17-13-12-15-20(3,4)19(17)14-10-8-6-5-7-9-11-16-22-18(2)21/h5,7-11H,6,12-16H2,1-4H3. The molecule has 1 aliphatic carbocycles. The van der Waals surface area contributed by atoms with E-state index < -0.39 is 0 Å². The molecular formula is C20H30O2. The van der Waals surface area contributed by atoms with Gasteiger partial charge in [0.15, 0.2) is 0 Å². The summed E-state index contributed by atoms with van der Waals surface area (Å²) in [6, 6.07) is 0. The summed E-state index contributed by atoms with van der Waals surface area (Å²) in [5, 5.41) is 0. The molecule has 0 spiro atoms. The third kappa shape index (κ3) is 6.93. The lowest BCUT2D eigenvalue weighted by atomic mass is 9.71. The molecule has 0 heterocycles. The molecule has 2 nitrogen and oxygen atoms in total. The van der Waals surface area contributed by atoms with Crippen molar-refractivity contribution < 1.29 is 9.53 Å². The van der Waals surface area contributed by atoms with Gasteiger partial charge in [0.2, 0.25) is 0 Å². The first-order valence-corrected chi connectivity index (χ1v) is 8.22. The SMILES string of the molecule is CC(=O)OCC=CC=CCC=CCC1=C(C)CCCC1(C)C. The van der Waals surface area contributed by atoms with Gasteiger partial charge in [-0.3, -0.25) is 4.79 Å². The Morgan fingerprint density at radius 1 is 1.18 bits per heavy atom. The molecule has 0 amide bonds. The van der Waals surface area contributed by atoms with Crippen molar-refractivity contribution in [1.29, 1.82) is 0 Å². The van der Waals surface area contributed by atoms with Crippen LogP contribution in [-0.4, -0.2) is 12.6 Å². The molecule has 0 aliphatic heterocycles. The minimum absolute atomic E-state index is 0.244. The molecule has 22 heavy (non-hydrogen) atoms. The molecule has 1 rings (SSSR count). The van der Waals surface area contributed by atoms with Gasteiger partial charge in [0.05, 0.1) is 0 Å². The highest BCUT2D eigenvalue weighted by atomic mass is 16.5. The smallest absolute Gasteiger partial charge is 0.302 e. The van der Waals surface area contributed by atoms with E-state index in [0.717, 1.165) is 12.8 Å². The summed E-state index contributed by atoms with van der Waals surface area (Å²) in [7, 11) is 0. The number of rotatable bonds is 7. The summed E-state index contributed by atoms with van der Waals surface area (Å²) in [6.45, 7) is 8.79. The maximum Gasteiger partial charge on any atom is 0.302 e. The lowest BCUT2D eigenvalue weighted by molar-refractivity contribution is -0.139. The van der Waals surface area contributed by atoms with Crippen molar-refractivity contribution in [2.75, 3.05) is 6.61 Å². The maximum atomic E-state index is 10.6. The zero-order valence-corrected chi connectivity index (χ0v) is 14.5. The fourth-order valence-corrected chi connectivity index (χ4v) is 2.96. The second-order valence-electron chi connectivity index (χ2n) is 6.57. The van der Waals surface area contributed by atoms with E-state index in [4.69, 9.17) is 4.74 Å². The van der Waals surface area contributed by atoms with Crippen molar-refractivity contribution in [3.63, 3.8) is 0 Å². The Balaban J connectivity index is 2.30. The van der Waals surface area contributed by atoms with Crippen LogP contribution < -0.4 is 0 Å². The van der Waals surface area contributed by atoms with E-state index in [1.54, 1.807) is 11.1 Å². The Bertz CT molecular complexity index is 476. The number of ether oxygens (including phenoxy) is 1. The molecule has 0 N–H and O–H groups in total. The molecule has 0 aromatic carbocycles. The predicted molar refractivity (Wildman–Crippen MR) is 93.6 cm³/mol. The fraction of sp³-hybridized carbons (Fsp3) is 0.550. The van der Waals surface area contributed by atoms with Crippen molar-refractivity contribution in [2.45, 2.75) is 59.8 Å². The number of esters is 1. The summed E-state index contributed by atoms with van der Waals surface area (Å²) in [4.78, 5) is 10.6. The Morgan fingerprint density at radius 2 is 1.91 bits per heavy atom. The zero-order chi connectivity index (χ0) is 16.4. The Labute approximate surface area is 135 Å². The number of carbonyl (C=O) groups excluding carboxylic acids is 1. The molecule has 0 radical (unpaired) electrons. The molecule has 0 aromatic rings. The lowest BCUT2D eigenvalue weighted by Gasteiger charge is -2.34. The molecule has 122 valence electrons. The summed E-state index contributed by atoms with van der Waals surface area (Å²) in [5.74, 6) is -0.244. The van der Waals surface area contributed by atoms with Gasteiger partial charge in [0, 0.05) is 6.92 Å². The summed E-state index contributed by atoms with van der Waals surface area (Å²) >= 11 is 0. The van der Waals surface area contributed by atoms with Crippen LogP contribution >= 0.6 is 0 Å². The van der Waals surface area contributed by atoms with Gasteiger partial charge in [-0.15, -0.1) is 0 Å². The van der Waals surface area contributed by atoms with E-state index in [-0.39, 0.29) is 5.97 Å². The predicted octanol–water partition coefficient (Wildman–Crippen LogP) is 5.52. The average molecular weight is 302 g/mol. The number of carbonyl (C=O) groups is 1. The van der Waals surface area contributed by atoms with Crippen LogP contribution in [-0.2, 0) is 9.53 Å². The average Bonchev–Trinajstić information content (AvgIpc) is 2.42. The molecule has 1 aliphatic rings. The van der Waals surface area contributed by atoms with Gasteiger partial charge in [-0.2, -0.15) is 0 Å². The van der Waals surface area contributed by atoms with Crippen molar-refractivity contribution in [1.82, 2.24) is 0 Å². The fourth-order valence-electron chi connectivity index (χ4n) is 2.96. The first kappa shape index (κ1) is 18.5. The lowest BCUT2D eigenvalue weighted by Crippen LogP contribution is -2.19. The van der Waals surface area contributed by atoms with Crippen LogP contribution in [0.4, 0.5) is 0 Å². The molecular weight excluding hydrogens is 272 g/mol. The van der Waals surface area contributed by atoms with E-state index in [2.05, 4.69) is 39.0 Å². The molecule has 0 unspecified atom stereocenters. The molecule has 0 aromatic heterocycles. The third-order valence-electron chi connectivity index (χ3n) is 4.21. The van der Waals surface area contributed by atoms with Crippen LogP contribution in [0.15, 0.2) is 47.6 Å². The van der Waals surface area contributed by atoms with Crippen LogP contribution in [0.5, 0.6) is 0 Å². The Hall–Kier alpha value is -1.57. The number of hydrogen-bond acceptors (Lipinski definition) is 2. The summed E-state index contributed by atoms with van der Waals surface area (Å²) in [5.41, 5.74) is 3.58. The van der Waals surface area contributed by atoms with Crippen molar-refractivity contribution in [2.24, 2.45) is 5.41 Å². The van der Waals surface area contributed by atoms with Crippen LogP contribution in [0.1, 0.15) is 59.8 Å². The zero-order valence-electron chi connectivity index (χ0n) is 14.5. The quantitative estimate of drug-likeness (QED) is 0.351. The normalized spacial score (nSPS) is 18.7. The monoisotopic (exact) mass is 302 g/mol. The van der Waals surface area contributed by atoms with E-state index in [1.165, 1.54) is 26.2 Å². The van der Waals surface area contributed by atoms with E-state index >= 15 is 0 Å². The molecule has 0 bridgehead atoms. The van der Waals surface area contributed by atoms with E-state index in [9.17, 15) is 4.79 Å². The second kappa shape index (κ2) is 9.45. The topological polar surface area (TPSA) is 26.3 Å². The van der Waals surface area contributed by atoms with Gasteiger partial charge in [-0.1, -0.05) is 55.4 Å². The van der Waals surface area contributed by atoms with Gasteiger partial charge in [0.25, 0.3) is 0 Å². The second-order valence-corrected chi connectivity index (χ2v) is 6.57. The number of hydrogen-bond donors (Lipinski definition) is 0. The van der Waals surface area contributed by atoms with Crippen molar-refractivity contribution >= 4 is 5.97 Å². The highest BCUT2D eigenvalue weighted by Crippen LogP contribution is 2.41. The summed E-state index contributed by atoms with van der Waals surface area (Å²) in [6.07, 6.45) is 18.3. The van der Waals surface area contributed by atoms with E-state index in [0.29, 0.717) is 12.0 Å². The Morgan fingerprint density at radius 3 is 2.59 bits per heavy atom. The maximum absolute atomic E-state index is 10.6. The molecule has 0 saturated heterocycles. The van der Waals surface area contributed by atoms with Crippen LogP contribution in [0.3, 0.4) is 0 Å². The molecule has 0 saturated carbocycles. The molecule has 0 atom stereocenters. The van der Waals surface area contributed by atoms with Crippen LogP contribution in [0.25, 0.3) is 0 Å². The third-order valence-corrected chi connectivity index (χ3v) is 4.21. The van der Waals surface area contributed by atoms with Gasteiger partial charge in [-0.25, -0.2) is 0 Å². The van der Waals surface area contributed by atoms with E-state index in [1.807, 2.05) is 18.2 Å². The summed E-state index contributed by atoms with van der Waals surface area (Å²) < 4.78 is 4.80. The van der Waals surface area contributed by atoms with Crippen LogP contribution in [0.2, 0.25) is 0 Å². The van der Waals surface area contributed by atoms with Crippen molar-refractivity contribution in [3.05, 3.63) is 47.6 Å². The van der Waals surface area contributed by atoms with Crippen LogP contribution in [0, 0.1) is 5.41 Å². The Kier molecular flexibility index (Phi) is 7.94. The molecule has 0 fully saturated rings. The molecule has 2 heteroatoms. The van der Waals surface area contributed by atoms with Crippen molar-refractivity contribution in [3.8, 4) is 0 Å². The van der Waals surface area contributed by atoms with Gasteiger partial charge in [0.1, 0.15) is 6.61 Å². The van der Waals surface area contributed by atoms with Gasteiger partial charge < -0.3 is 4.74 Å². The first-order chi connectivity index (χ1) is 10.4. The highest BCUT2D eigenvalue weighted by molar-refractivity contribution is 5.65.